The van der Waals surface area contributed by atoms with Gasteiger partial charge in [0.05, 0.1) is 12.0 Å². The van der Waals surface area contributed by atoms with E-state index in [9.17, 15) is 20.1 Å². The highest BCUT2D eigenvalue weighted by atomic mass is 16.5. The Hall–Kier alpha value is -3.21. The molecule has 1 aliphatic heterocycles. The number of carbonyl (C=O) groups is 1. The predicted molar refractivity (Wildman–Crippen MR) is 94.0 cm³/mol. The van der Waals surface area contributed by atoms with Crippen LogP contribution in [0.4, 0.5) is 0 Å². The van der Waals surface area contributed by atoms with Gasteiger partial charge in [0.15, 0.2) is 5.78 Å². The van der Waals surface area contributed by atoms with Crippen molar-refractivity contribution in [3.05, 3.63) is 65.3 Å². The molecule has 0 aliphatic carbocycles. The first-order valence-electron chi connectivity index (χ1n) is 7.79. The largest absolute Gasteiger partial charge is 0.508 e. The molecular weight excluding hydrogens is 320 g/mol. The minimum atomic E-state index is -0.571. The minimum absolute atomic E-state index is 0.0553. The zero-order valence-corrected chi connectivity index (χ0v) is 13.7. The molecule has 2 aromatic rings. The molecule has 5 heteroatoms. The number of ketones is 1. The molecule has 0 amide bonds. The van der Waals surface area contributed by atoms with Gasteiger partial charge in [-0.25, -0.2) is 0 Å². The summed E-state index contributed by atoms with van der Waals surface area (Å²) in [5.41, 5.74) is 1.87. The summed E-state index contributed by atoms with van der Waals surface area (Å²) in [6, 6.07) is 7.52. The molecule has 1 atom stereocenters. The van der Waals surface area contributed by atoms with Gasteiger partial charge < -0.3 is 20.1 Å². The number of fused-ring (bicyclic) bond motifs is 1. The van der Waals surface area contributed by atoms with Crippen molar-refractivity contribution in [2.24, 2.45) is 0 Å². The third-order valence-corrected chi connectivity index (χ3v) is 4.15. The van der Waals surface area contributed by atoms with Gasteiger partial charge in [-0.3, -0.25) is 4.79 Å². The topological polar surface area (TPSA) is 87.0 Å². The quantitative estimate of drug-likeness (QED) is 0.734. The maximum absolute atomic E-state index is 12.6. The van der Waals surface area contributed by atoms with Crippen LogP contribution in [0.2, 0.25) is 0 Å². The van der Waals surface area contributed by atoms with Gasteiger partial charge in [0.25, 0.3) is 0 Å². The molecule has 0 aromatic heterocycles. The highest BCUT2D eigenvalue weighted by Crippen LogP contribution is 2.46. The Kier molecular flexibility index (Phi) is 4.23. The maximum Gasteiger partial charge on any atom is 0.174 e. The smallest absolute Gasteiger partial charge is 0.174 e. The van der Waals surface area contributed by atoms with Crippen LogP contribution < -0.4 is 4.74 Å². The number of benzene rings is 2. The second-order valence-electron chi connectivity index (χ2n) is 5.95. The molecule has 3 N–H and O–H groups in total. The number of allylic oxidation sites excluding steroid dienone is 2. The summed E-state index contributed by atoms with van der Waals surface area (Å²) in [5.74, 6) is -0.505. The number of phenolic OH excluding ortho intramolecular Hbond substituents is 3. The van der Waals surface area contributed by atoms with Crippen LogP contribution in [0.3, 0.4) is 0 Å². The van der Waals surface area contributed by atoms with Crippen molar-refractivity contribution >= 4 is 11.9 Å². The summed E-state index contributed by atoms with van der Waals surface area (Å²) in [6.45, 7) is 5.47. The van der Waals surface area contributed by atoms with E-state index in [2.05, 4.69) is 6.58 Å². The van der Waals surface area contributed by atoms with E-state index in [1.54, 1.807) is 31.2 Å². The van der Waals surface area contributed by atoms with Crippen molar-refractivity contribution in [1.82, 2.24) is 0 Å². The first kappa shape index (κ1) is 16.6. The van der Waals surface area contributed by atoms with E-state index >= 15 is 0 Å². The first-order valence-corrected chi connectivity index (χ1v) is 7.79. The van der Waals surface area contributed by atoms with Crippen LogP contribution in [0.1, 0.15) is 40.9 Å². The van der Waals surface area contributed by atoms with E-state index in [1.165, 1.54) is 12.1 Å². The van der Waals surface area contributed by atoms with Gasteiger partial charge in [-0.2, -0.15) is 0 Å². The summed E-state index contributed by atoms with van der Waals surface area (Å²) < 4.78 is 5.97. The van der Waals surface area contributed by atoms with Gasteiger partial charge in [-0.15, -0.1) is 0 Å². The minimum Gasteiger partial charge on any atom is -0.508 e. The third-order valence-electron chi connectivity index (χ3n) is 4.15. The highest BCUT2D eigenvalue weighted by Gasteiger charge is 2.33. The molecule has 128 valence electrons. The lowest BCUT2D eigenvalue weighted by molar-refractivity contribution is 0.0844. The lowest BCUT2D eigenvalue weighted by Gasteiger charge is -2.28. The normalized spacial score (nSPS) is 16.9. The summed E-state index contributed by atoms with van der Waals surface area (Å²) >= 11 is 0. The van der Waals surface area contributed by atoms with E-state index in [0.717, 1.165) is 17.2 Å². The summed E-state index contributed by atoms with van der Waals surface area (Å²) in [4.78, 5) is 12.6. The number of aromatic hydroxyl groups is 3. The molecule has 1 unspecified atom stereocenters. The standard InChI is InChI=1S/C20H18O5/c1-3-11(2)8-14-15(22)9-16(23)19-17(24)10-18(25-20(14)19)12-4-6-13(21)7-5-12/h3-9,18,21-23H,1,10H2,2H3/b11-8+. The molecule has 25 heavy (non-hydrogen) atoms. The van der Waals surface area contributed by atoms with Crippen LogP contribution in [0.5, 0.6) is 23.0 Å². The number of hydrogen-bond donors (Lipinski definition) is 3. The molecule has 0 bridgehead atoms. The second kappa shape index (κ2) is 6.36. The maximum atomic E-state index is 12.6. The molecule has 5 nitrogen and oxygen atoms in total. The van der Waals surface area contributed by atoms with Crippen LogP contribution in [-0.2, 0) is 0 Å². The second-order valence-corrected chi connectivity index (χ2v) is 5.95. The zero-order chi connectivity index (χ0) is 18.1. The number of hydrogen-bond acceptors (Lipinski definition) is 5. The number of ether oxygens (including phenoxy) is 1. The molecule has 1 heterocycles. The van der Waals surface area contributed by atoms with Crippen LogP contribution in [0.25, 0.3) is 6.08 Å². The van der Waals surface area contributed by atoms with Crippen LogP contribution in [0, 0.1) is 0 Å². The predicted octanol–water partition coefficient (Wildman–Crippen LogP) is 4.10. The monoisotopic (exact) mass is 338 g/mol. The Balaban J connectivity index is 2.13. The number of phenols is 3. The Morgan fingerprint density at radius 3 is 2.52 bits per heavy atom. The van der Waals surface area contributed by atoms with E-state index in [1.807, 2.05) is 0 Å². The van der Waals surface area contributed by atoms with Crippen LogP contribution >= 0.6 is 0 Å². The lowest BCUT2D eigenvalue weighted by Crippen LogP contribution is -2.21. The van der Waals surface area contributed by atoms with Crippen molar-refractivity contribution in [3.8, 4) is 23.0 Å². The SMILES string of the molecule is C=C/C(C)=C/c1c(O)cc(O)c2c1OC(c1ccc(O)cc1)CC2=O. The van der Waals surface area contributed by atoms with Gasteiger partial charge in [-0.1, -0.05) is 30.4 Å². The number of Topliss-reactive ketones (excluding diaryl/α,β-unsaturated/α-hetero) is 1. The molecule has 0 saturated heterocycles. The fourth-order valence-electron chi connectivity index (χ4n) is 2.79. The van der Waals surface area contributed by atoms with Crippen molar-refractivity contribution in [1.29, 1.82) is 0 Å². The highest BCUT2D eigenvalue weighted by molar-refractivity contribution is 6.04. The Bertz CT molecular complexity index is 878. The Morgan fingerprint density at radius 2 is 1.88 bits per heavy atom. The number of carbonyl (C=O) groups excluding carboxylic acids is 1. The molecule has 0 fully saturated rings. The van der Waals surface area contributed by atoms with Gasteiger partial charge >= 0.3 is 0 Å². The van der Waals surface area contributed by atoms with Gasteiger partial charge in [0, 0.05) is 6.07 Å². The fourth-order valence-corrected chi connectivity index (χ4v) is 2.79. The van der Waals surface area contributed by atoms with Crippen molar-refractivity contribution in [3.63, 3.8) is 0 Å². The lowest BCUT2D eigenvalue weighted by atomic mass is 9.92. The summed E-state index contributed by atoms with van der Waals surface area (Å²) in [6.07, 6.45) is 2.74. The van der Waals surface area contributed by atoms with Crippen LogP contribution in [0.15, 0.2) is 48.6 Å². The average molecular weight is 338 g/mol. The molecule has 2 aromatic carbocycles. The molecule has 0 spiro atoms. The van der Waals surface area contributed by atoms with E-state index < -0.39 is 6.10 Å². The molecule has 3 rings (SSSR count). The van der Waals surface area contributed by atoms with Crippen molar-refractivity contribution < 1.29 is 24.9 Å². The van der Waals surface area contributed by atoms with Gasteiger partial charge in [0.2, 0.25) is 0 Å². The van der Waals surface area contributed by atoms with Gasteiger partial charge in [-0.05, 0) is 30.7 Å². The number of rotatable bonds is 3. The molecule has 1 aliphatic rings. The van der Waals surface area contributed by atoms with Crippen LogP contribution in [-0.4, -0.2) is 21.1 Å². The third kappa shape index (κ3) is 3.08. The van der Waals surface area contributed by atoms with E-state index in [4.69, 9.17) is 4.74 Å². The average Bonchev–Trinajstić information content (AvgIpc) is 2.58. The summed E-state index contributed by atoms with van der Waals surface area (Å²) in [5, 5.41) is 29.7. The zero-order valence-electron chi connectivity index (χ0n) is 13.7. The molecule has 0 saturated carbocycles. The van der Waals surface area contributed by atoms with E-state index in [-0.39, 0.29) is 40.8 Å². The van der Waals surface area contributed by atoms with Crippen molar-refractivity contribution in [2.75, 3.05) is 0 Å². The summed E-state index contributed by atoms with van der Waals surface area (Å²) in [7, 11) is 0. The molecular formula is C20H18O5. The molecule has 0 radical (unpaired) electrons. The van der Waals surface area contributed by atoms with E-state index in [0.29, 0.717) is 5.56 Å². The Labute approximate surface area is 145 Å². The van der Waals surface area contributed by atoms with Crippen molar-refractivity contribution in [2.45, 2.75) is 19.4 Å². The van der Waals surface area contributed by atoms with Gasteiger partial charge in [0.1, 0.15) is 34.7 Å². The first-order chi connectivity index (χ1) is 11.9. The Morgan fingerprint density at radius 1 is 1.20 bits per heavy atom. The fraction of sp³-hybridized carbons (Fsp3) is 0.150.